The monoisotopic (exact) mass is 371 g/mol. The summed E-state index contributed by atoms with van der Waals surface area (Å²) in [5.41, 5.74) is 2.40. The maximum atomic E-state index is 12.1. The lowest BCUT2D eigenvalue weighted by Gasteiger charge is -2.07. The van der Waals surface area contributed by atoms with Crippen molar-refractivity contribution in [1.29, 1.82) is 0 Å². The van der Waals surface area contributed by atoms with Crippen molar-refractivity contribution in [3.63, 3.8) is 0 Å². The third kappa shape index (κ3) is 4.52. The normalized spacial score (nSPS) is 10.4. The minimum atomic E-state index is -0.169. The number of aryl methyl sites for hydroxylation is 1. The maximum absolute atomic E-state index is 12.1. The lowest BCUT2D eigenvalue weighted by atomic mass is 10.1. The molecular weight excluding hydrogens is 354 g/mol. The van der Waals surface area contributed by atoms with E-state index in [0.717, 1.165) is 16.1 Å². The number of thiazole rings is 1. The van der Waals surface area contributed by atoms with Crippen LogP contribution < -0.4 is 10.6 Å². The van der Waals surface area contributed by atoms with E-state index >= 15 is 0 Å². The van der Waals surface area contributed by atoms with Gasteiger partial charge < -0.3 is 10.6 Å². The van der Waals surface area contributed by atoms with Crippen LogP contribution in [0.1, 0.15) is 22.3 Å². The van der Waals surface area contributed by atoms with Gasteiger partial charge in [0.25, 0.3) is 5.91 Å². The lowest BCUT2D eigenvalue weighted by Crippen LogP contribution is -2.28. The van der Waals surface area contributed by atoms with Gasteiger partial charge >= 0.3 is 0 Å². The minimum absolute atomic E-state index is 0.167. The Morgan fingerprint density at radius 3 is 2.72 bits per heavy atom. The Kier molecular flexibility index (Phi) is 5.57. The van der Waals surface area contributed by atoms with Gasteiger partial charge in [-0.15, -0.1) is 22.7 Å². The van der Waals surface area contributed by atoms with E-state index in [4.69, 9.17) is 0 Å². The van der Waals surface area contributed by atoms with Gasteiger partial charge in [-0.1, -0.05) is 24.3 Å². The highest BCUT2D eigenvalue weighted by atomic mass is 32.1. The van der Waals surface area contributed by atoms with Crippen molar-refractivity contribution in [2.45, 2.75) is 13.3 Å². The number of nitrogens with zero attached hydrogens (tertiary/aromatic N) is 1. The number of amides is 2. The zero-order valence-corrected chi connectivity index (χ0v) is 15.2. The summed E-state index contributed by atoms with van der Waals surface area (Å²) in [6.07, 6.45) is 0.200. The molecule has 5 nitrogen and oxygen atoms in total. The largest absolute Gasteiger partial charge is 0.352 e. The maximum Gasteiger partial charge on any atom is 0.251 e. The molecule has 0 bridgehead atoms. The molecule has 3 rings (SSSR count). The second-order valence-electron chi connectivity index (χ2n) is 5.38. The van der Waals surface area contributed by atoms with Crippen LogP contribution in [0.5, 0.6) is 0 Å². The van der Waals surface area contributed by atoms with Crippen LogP contribution in [0.25, 0.3) is 10.6 Å². The van der Waals surface area contributed by atoms with E-state index in [0.29, 0.717) is 10.7 Å². The van der Waals surface area contributed by atoms with Gasteiger partial charge in [0, 0.05) is 23.9 Å². The van der Waals surface area contributed by atoms with E-state index < -0.39 is 0 Å². The molecule has 0 aliphatic heterocycles. The molecule has 0 saturated carbocycles. The van der Waals surface area contributed by atoms with Gasteiger partial charge in [0.1, 0.15) is 0 Å². The molecule has 0 saturated heterocycles. The summed E-state index contributed by atoms with van der Waals surface area (Å²) < 4.78 is 0. The van der Waals surface area contributed by atoms with Crippen molar-refractivity contribution in [2.75, 3.05) is 11.9 Å². The molecule has 2 heterocycles. The second-order valence-corrected chi connectivity index (χ2v) is 7.19. The quantitative estimate of drug-likeness (QED) is 0.689. The van der Waals surface area contributed by atoms with E-state index in [1.165, 1.54) is 11.3 Å². The van der Waals surface area contributed by atoms with Crippen LogP contribution in [0.4, 0.5) is 5.13 Å². The highest BCUT2D eigenvalue weighted by molar-refractivity contribution is 7.16. The molecule has 1 aromatic carbocycles. The Hall–Kier alpha value is -2.51. The molecule has 3 aromatic rings. The number of thiophene rings is 1. The van der Waals surface area contributed by atoms with Gasteiger partial charge in [-0.3, -0.25) is 9.59 Å². The van der Waals surface area contributed by atoms with E-state index in [1.807, 2.05) is 48.0 Å². The number of carbonyl (C=O) groups excluding carboxylic acids is 2. The highest BCUT2D eigenvalue weighted by Crippen LogP contribution is 2.28. The van der Waals surface area contributed by atoms with E-state index in [-0.39, 0.29) is 24.8 Å². The minimum Gasteiger partial charge on any atom is -0.352 e. The molecule has 0 aliphatic carbocycles. The number of aromatic nitrogens is 1. The summed E-state index contributed by atoms with van der Waals surface area (Å²) in [5, 5.41) is 10.0. The number of carbonyl (C=O) groups is 2. The number of hydrogen-bond acceptors (Lipinski definition) is 5. The first-order chi connectivity index (χ1) is 12.1. The molecule has 2 N–H and O–H groups in total. The molecule has 0 spiro atoms. The number of rotatable bonds is 6. The number of anilines is 1. The van der Waals surface area contributed by atoms with Crippen LogP contribution in [0.15, 0.2) is 47.2 Å². The first kappa shape index (κ1) is 17.3. The van der Waals surface area contributed by atoms with Gasteiger partial charge in [0.15, 0.2) is 5.13 Å². The van der Waals surface area contributed by atoms with Crippen LogP contribution in [0.2, 0.25) is 0 Å². The van der Waals surface area contributed by atoms with Crippen molar-refractivity contribution in [3.8, 4) is 10.6 Å². The van der Waals surface area contributed by atoms with Crippen LogP contribution >= 0.6 is 22.7 Å². The molecule has 0 atom stereocenters. The Bertz CT molecular complexity index is 872. The first-order valence-corrected chi connectivity index (χ1v) is 9.52. The molecule has 0 fully saturated rings. The summed E-state index contributed by atoms with van der Waals surface area (Å²) in [5.74, 6) is -0.336. The molecule has 7 heteroatoms. The molecule has 0 unspecified atom stereocenters. The van der Waals surface area contributed by atoms with Gasteiger partial charge in [0.05, 0.1) is 10.6 Å². The van der Waals surface area contributed by atoms with E-state index in [2.05, 4.69) is 15.6 Å². The molecule has 25 heavy (non-hydrogen) atoms. The second kappa shape index (κ2) is 8.04. The molecular formula is C18H17N3O2S2. The average molecular weight is 371 g/mol. The standard InChI is InChI=1S/C18H17N3O2S2/c1-12-5-2-3-6-13(12)17(23)19-9-8-16(22)21-18-20-14(11-25-18)15-7-4-10-24-15/h2-7,10-11H,8-9H2,1H3,(H,19,23)(H,20,21,22). The summed E-state index contributed by atoms with van der Waals surface area (Å²) in [7, 11) is 0. The third-order valence-corrected chi connectivity index (χ3v) is 5.20. The van der Waals surface area contributed by atoms with Crippen molar-refractivity contribution in [2.24, 2.45) is 0 Å². The average Bonchev–Trinajstić information content (AvgIpc) is 3.26. The first-order valence-electron chi connectivity index (χ1n) is 7.76. The van der Waals surface area contributed by atoms with Crippen LogP contribution in [-0.2, 0) is 4.79 Å². The molecule has 2 aromatic heterocycles. The van der Waals surface area contributed by atoms with E-state index in [9.17, 15) is 9.59 Å². The van der Waals surface area contributed by atoms with Gasteiger partial charge in [0.2, 0.25) is 5.91 Å². The Balaban J connectivity index is 1.47. The smallest absolute Gasteiger partial charge is 0.251 e. The Morgan fingerprint density at radius 2 is 1.96 bits per heavy atom. The lowest BCUT2D eigenvalue weighted by molar-refractivity contribution is -0.116. The van der Waals surface area contributed by atoms with Crippen LogP contribution in [0, 0.1) is 6.92 Å². The van der Waals surface area contributed by atoms with Crippen LogP contribution in [0.3, 0.4) is 0 Å². The molecule has 2 amide bonds. The molecule has 128 valence electrons. The summed E-state index contributed by atoms with van der Waals surface area (Å²) >= 11 is 3.00. The number of benzene rings is 1. The third-order valence-electron chi connectivity index (χ3n) is 3.55. The summed E-state index contributed by atoms with van der Waals surface area (Å²) in [4.78, 5) is 29.6. The number of nitrogens with one attached hydrogen (secondary N) is 2. The van der Waals surface area contributed by atoms with Crippen molar-refractivity contribution < 1.29 is 9.59 Å². The Labute approximate surface area is 153 Å². The van der Waals surface area contributed by atoms with E-state index in [1.54, 1.807) is 17.4 Å². The number of hydrogen-bond donors (Lipinski definition) is 2. The van der Waals surface area contributed by atoms with Crippen LogP contribution in [-0.4, -0.2) is 23.3 Å². The SMILES string of the molecule is Cc1ccccc1C(=O)NCCC(=O)Nc1nc(-c2cccs2)cs1. The van der Waals surface area contributed by atoms with Crippen molar-refractivity contribution in [3.05, 3.63) is 58.3 Å². The topological polar surface area (TPSA) is 71.1 Å². The van der Waals surface area contributed by atoms with Gasteiger partial charge in [-0.25, -0.2) is 4.98 Å². The van der Waals surface area contributed by atoms with Crippen molar-refractivity contribution in [1.82, 2.24) is 10.3 Å². The predicted molar refractivity (Wildman–Crippen MR) is 102 cm³/mol. The zero-order chi connectivity index (χ0) is 17.6. The zero-order valence-electron chi connectivity index (χ0n) is 13.6. The van der Waals surface area contributed by atoms with Gasteiger partial charge in [-0.2, -0.15) is 0 Å². The molecule has 0 radical (unpaired) electrons. The van der Waals surface area contributed by atoms with Gasteiger partial charge in [-0.05, 0) is 30.0 Å². The Morgan fingerprint density at radius 1 is 1.12 bits per heavy atom. The predicted octanol–water partition coefficient (Wildman–Crippen LogP) is 3.94. The fourth-order valence-electron chi connectivity index (χ4n) is 2.26. The summed E-state index contributed by atoms with van der Waals surface area (Å²) in [6, 6.07) is 11.3. The fourth-order valence-corrected chi connectivity index (χ4v) is 3.75. The highest BCUT2D eigenvalue weighted by Gasteiger charge is 2.11. The molecule has 0 aliphatic rings. The summed E-state index contributed by atoms with van der Waals surface area (Å²) in [6.45, 7) is 2.16. The fraction of sp³-hybridized carbons (Fsp3) is 0.167. The van der Waals surface area contributed by atoms with Crippen molar-refractivity contribution >= 4 is 39.6 Å².